The van der Waals surface area contributed by atoms with Crippen molar-refractivity contribution in [2.45, 2.75) is 257 Å². The number of aliphatic hydroxyl groups excluding tert-OH is 2. The van der Waals surface area contributed by atoms with Crippen molar-refractivity contribution in [1.82, 2.24) is 0 Å². The molecule has 0 aliphatic rings. The van der Waals surface area contributed by atoms with E-state index in [0.717, 1.165) is 51.4 Å². The van der Waals surface area contributed by atoms with E-state index in [1.807, 2.05) is 0 Å². The predicted molar refractivity (Wildman–Crippen MR) is 252 cm³/mol. The zero-order chi connectivity index (χ0) is 44.8. The topological polar surface area (TPSA) is 149 Å². The molecule has 360 valence electrons. The number of allylic oxidation sites excluding steroid dienone is 4. The Balaban J connectivity index is 3.83. The van der Waals surface area contributed by atoms with Crippen molar-refractivity contribution in [3.05, 3.63) is 24.3 Å². The van der Waals surface area contributed by atoms with Gasteiger partial charge in [0.15, 0.2) is 0 Å². The second kappa shape index (κ2) is 46.4. The Kier molecular flexibility index (Phi) is 45.3. The number of carbonyl (C=O) groups is 2. The van der Waals surface area contributed by atoms with Gasteiger partial charge in [-0.15, -0.1) is 0 Å². The molecule has 0 rings (SSSR count). The molecule has 0 aromatic rings. The molecule has 11 heteroatoms. The lowest BCUT2D eigenvalue weighted by Crippen LogP contribution is -2.28. The van der Waals surface area contributed by atoms with Gasteiger partial charge in [0, 0.05) is 12.8 Å². The number of phosphoric acid groups is 1. The zero-order valence-electron chi connectivity index (χ0n) is 39.4. The maximum Gasteiger partial charge on any atom is 0.472 e. The van der Waals surface area contributed by atoms with E-state index in [1.54, 1.807) is 0 Å². The van der Waals surface area contributed by atoms with E-state index in [1.165, 1.54) is 154 Å². The van der Waals surface area contributed by atoms with Crippen LogP contribution in [0.1, 0.15) is 245 Å². The lowest BCUT2D eigenvalue weighted by atomic mass is 10.0. The summed E-state index contributed by atoms with van der Waals surface area (Å²) in [6.45, 7) is 2.23. The van der Waals surface area contributed by atoms with E-state index in [4.69, 9.17) is 18.5 Å². The number of rotatable bonds is 48. The van der Waals surface area contributed by atoms with Gasteiger partial charge in [0.2, 0.25) is 0 Å². The van der Waals surface area contributed by atoms with Gasteiger partial charge in [0.25, 0.3) is 0 Å². The number of ether oxygens (including phenoxy) is 2. The lowest BCUT2D eigenvalue weighted by molar-refractivity contribution is -0.153. The Bertz CT molecular complexity index is 1070. The van der Waals surface area contributed by atoms with Crippen LogP contribution in [0.4, 0.5) is 0 Å². The highest BCUT2D eigenvalue weighted by molar-refractivity contribution is 7.47. The summed E-state index contributed by atoms with van der Waals surface area (Å²) in [7, 11) is -4.64. The average molecular weight is 887 g/mol. The summed E-state index contributed by atoms with van der Waals surface area (Å²) in [6.07, 6.45) is 48.6. The first kappa shape index (κ1) is 59.5. The third-order valence-corrected chi connectivity index (χ3v) is 12.1. The van der Waals surface area contributed by atoms with E-state index < -0.39 is 58.4 Å². The van der Waals surface area contributed by atoms with Gasteiger partial charge in [0.1, 0.15) is 12.2 Å². The fourth-order valence-corrected chi connectivity index (χ4v) is 8.05. The number of esters is 2. The standard InChI is InChI=1S/C50H95O10P/c1-3-5-7-9-11-13-15-17-19-21-23-24-26-28-30-32-34-36-38-40-42-50(54)60-48(44-52)46-58-61(55,56)57-45-47(43-51)59-49(53)41-39-37-35-33-31-29-27-25-22-20-18-16-14-12-10-8-6-4-2/h14,16,20,22,47-48,51-52H,3-13,15,17-19,21,23-46H2,1-2H3,(H,55,56)/b16-14-,22-20-. The number of phosphoric ester groups is 1. The van der Waals surface area contributed by atoms with Crippen molar-refractivity contribution in [3.8, 4) is 0 Å². The van der Waals surface area contributed by atoms with E-state index in [-0.39, 0.29) is 12.8 Å². The van der Waals surface area contributed by atoms with Gasteiger partial charge in [-0.25, -0.2) is 4.57 Å². The monoisotopic (exact) mass is 887 g/mol. The molecule has 3 N–H and O–H groups in total. The molecule has 0 aromatic heterocycles. The van der Waals surface area contributed by atoms with Crippen molar-refractivity contribution in [3.63, 3.8) is 0 Å². The molecule has 0 aliphatic carbocycles. The van der Waals surface area contributed by atoms with Crippen LogP contribution in [-0.2, 0) is 32.7 Å². The smallest absolute Gasteiger partial charge is 0.457 e. The van der Waals surface area contributed by atoms with E-state index in [0.29, 0.717) is 12.8 Å². The molecule has 0 aliphatic heterocycles. The molecule has 3 unspecified atom stereocenters. The van der Waals surface area contributed by atoms with Gasteiger partial charge in [-0.1, -0.05) is 212 Å². The van der Waals surface area contributed by atoms with E-state index >= 15 is 0 Å². The highest BCUT2D eigenvalue weighted by Gasteiger charge is 2.27. The fourth-order valence-electron chi connectivity index (χ4n) is 7.27. The van der Waals surface area contributed by atoms with Crippen molar-refractivity contribution >= 4 is 19.8 Å². The molecule has 0 spiro atoms. The molecule has 0 heterocycles. The summed E-state index contributed by atoms with van der Waals surface area (Å²) in [5.74, 6) is -1.02. The summed E-state index contributed by atoms with van der Waals surface area (Å²) in [5.41, 5.74) is 0. The van der Waals surface area contributed by atoms with Crippen LogP contribution in [0.15, 0.2) is 24.3 Å². The first-order valence-electron chi connectivity index (χ1n) is 25.3. The Morgan fingerprint density at radius 2 is 0.721 bits per heavy atom. The molecule has 0 saturated carbocycles. The van der Waals surface area contributed by atoms with Crippen LogP contribution >= 0.6 is 7.82 Å². The summed E-state index contributed by atoms with van der Waals surface area (Å²) in [4.78, 5) is 34.7. The lowest BCUT2D eigenvalue weighted by Gasteiger charge is -2.20. The van der Waals surface area contributed by atoms with Gasteiger partial charge in [-0.3, -0.25) is 18.6 Å². The summed E-state index contributed by atoms with van der Waals surface area (Å²) < 4.78 is 32.7. The second-order valence-corrected chi connectivity index (χ2v) is 18.6. The van der Waals surface area contributed by atoms with Crippen molar-refractivity contribution < 1.29 is 47.8 Å². The van der Waals surface area contributed by atoms with E-state index in [9.17, 15) is 29.3 Å². The number of aliphatic hydroxyl groups is 2. The van der Waals surface area contributed by atoms with Gasteiger partial charge < -0.3 is 24.6 Å². The Morgan fingerprint density at radius 3 is 1.03 bits per heavy atom. The first-order chi connectivity index (χ1) is 29.8. The molecule has 0 radical (unpaired) electrons. The van der Waals surface area contributed by atoms with Gasteiger partial charge in [0.05, 0.1) is 26.4 Å². The minimum absolute atomic E-state index is 0.185. The molecular weight excluding hydrogens is 792 g/mol. The van der Waals surface area contributed by atoms with Gasteiger partial charge in [-0.05, 0) is 44.9 Å². The van der Waals surface area contributed by atoms with Crippen LogP contribution in [0.2, 0.25) is 0 Å². The van der Waals surface area contributed by atoms with Gasteiger partial charge >= 0.3 is 19.8 Å². The zero-order valence-corrected chi connectivity index (χ0v) is 40.3. The largest absolute Gasteiger partial charge is 0.472 e. The molecule has 0 saturated heterocycles. The van der Waals surface area contributed by atoms with Crippen LogP contribution in [0, 0.1) is 0 Å². The highest BCUT2D eigenvalue weighted by Crippen LogP contribution is 2.43. The fraction of sp³-hybridized carbons (Fsp3) is 0.880. The molecule has 0 fully saturated rings. The third kappa shape index (κ3) is 44.8. The third-order valence-electron chi connectivity index (χ3n) is 11.2. The molecule has 3 atom stereocenters. The molecule has 0 bridgehead atoms. The maximum absolute atomic E-state index is 12.4. The van der Waals surface area contributed by atoms with Crippen LogP contribution in [0.3, 0.4) is 0 Å². The Hall–Kier alpha value is -1.55. The normalized spacial score (nSPS) is 13.9. The van der Waals surface area contributed by atoms with Crippen molar-refractivity contribution in [2.24, 2.45) is 0 Å². The van der Waals surface area contributed by atoms with Crippen LogP contribution in [0.25, 0.3) is 0 Å². The summed E-state index contributed by atoms with van der Waals surface area (Å²) in [6, 6.07) is 0. The molecular formula is C50H95O10P. The Labute approximate surface area is 374 Å². The van der Waals surface area contributed by atoms with Gasteiger partial charge in [-0.2, -0.15) is 0 Å². The summed E-state index contributed by atoms with van der Waals surface area (Å²) >= 11 is 0. The van der Waals surface area contributed by atoms with E-state index in [2.05, 4.69) is 38.2 Å². The number of carbonyl (C=O) groups excluding carboxylic acids is 2. The minimum atomic E-state index is -4.64. The maximum atomic E-state index is 12.4. The van der Waals surface area contributed by atoms with Crippen molar-refractivity contribution in [1.29, 1.82) is 0 Å². The highest BCUT2D eigenvalue weighted by atomic mass is 31.2. The van der Waals surface area contributed by atoms with Crippen molar-refractivity contribution in [2.75, 3.05) is 26.4 Å². The average Bonchev–Trinajstić information content (AvgIpc) is 3.25. The summed E-state index contributed by atoms with van der Waals surface area (Å²) in [5, 5.41) is 19.2. The minimum Gasteiger partial charge on any atom is -0.457 e. The number of unbranched alkanes of at least 4 members (excludes halogenated alkanes) is 30. The number of hydrogen-bond acceptors (Lipinski definition) is 9. The first-order valence-corrected chi connectivity index (χ1v) is 26.8. The van der Waals surface area contributed by atoms with Crippen LogP contribution < -0.4 is 0 Å². The van der Waals surface area contributed by atoms with Crippen LogP contribution in [-0.4, -0.2) is 65.7 Å². The molecule has 0 aromatic carbocycles. The number of hydrogen-bond donors (Lipinski definition) is 3. The Morgan fingerprint density at radius 1 is 0.443 bits per heavy atom. The molecule has 10 nitrogen and oxygen atoms in total. The predicted octanol–water partition coefficient (Wildman–Crippen LogP) is 14.1. The second-order valence-electron chi connectivity index (χ2n) is 17.2. The SMILES string of the molecule is CCCCCC/C=C\C/C=C\CCCCCCCCCC(=O)OC(CO)COP(=O)(O)OCC(CO)OC(=O)CCCCCCCCCCCCCCCCCCCCCC. The molecule has 0 amide bonds. The quantitative estimate of drug-likeness (QED) is 0.0233. The molecule has 61 heavy (non-hydrogen) atoms. The van der Waals surface area contributed by atoms with Crippen LogP contribution in [0.5, 0.6) is 0 Å².